The van der Waals surface area contributed by atoms with Gasteiger partial charge in [-0.2, -0.15) is 0 Å². The Balaban J connectivity index is 1.47. The van der Waals surface area contributed by atoms with Crippen LogP contribution in [0.5, 0.6) is 11.5 Å². The molecule has 0 saturated carbocycles. The number of carbonyl (C=O) groups is 1. The van der Waals surface area contributed by atoms with Gasteiger partial charge in [-0.1, -0.05) is 18.2 Å². The highest BCUT2D eigenvalue weighted by atomic mass is 32.1. The van der Waals surface area contributed by atoms with Crippen LogP contribution in [0.15, 0.2) is 47.8 Å². The van der Waals surface area contributed by atoms with Crippen LogP contribution in [0, 0.1) is 0 Å². The maximum Gasteiger partial charge on any atom is 0.233 e. The Hall–Kier alpha value is -3.06. The number of nitrogens with zero attached hydrogens (tertiary/aromatic N) is 2. The molecule has 150 valence electrons. The van der Waals surface area contributed by atoms with Gasteiger partial charge in [-0.25, -0.2) is 4.98 Å². The fraction of sp³-hybridized carbons (Fsp3) is 0.273. The molecule has 7 heteroatoms. The first-order valence-electron chi connectivity index (χ1n) is 9.49. The normalized spacial score (nSPS) is 13.0. The van der Waals surface area contributed by atoms with E-state index in [1.165, 1.54) is 16.9 Å². The van der Waals surface area contributed by atoms with Gasteiger partial charge in [0.2, 0.25) is 5.91 Å². The number of nitrogens with one attached hydrogen (secondary N) is 1. The first kappa shape index (κ1) is 19.3. The third-order valence-corrected chi connectivity index (χ3v) is 5.75. The molecule has 1 amide bonds. The first-order chi connectivity index (χ1) is 14.2. The van der Waals surface area contributed by atoms with Gasteiger partial charge in [-0.15, -0.1) is 11.3 Å². The van der Waals surface area contributed by atoms with E-state index in [0.29, 0.717) is 10.9 Å². The zero-order chi connectivity index (χ0) is 20.2. The lowest BCUT2D eigenvalue weighted by atomic mass is 10.0. The Morgan fingerprint density at radius 3 is 2.90 bits per heavy atom. The molecule has 0 atom stereocenters. The second-order valence-electron chi connectivity index (χ2n) is 6.79. The SMILES string of the molecule is COc1ccc(OC)c(Nc2nc(CC(=O)N3CCCc4ccccc43)cs2)c1. The summed E-state index contributed by atoms with van der Waals surface area (Å²) < 4.78 is 10.7. The van der Waals surface area contributed by atoms with Crippen molar-refractivity contribution in [1.82, 2.24) is 4.98 Å². The van der Waals surface area contributed by atoms with Crippen LogP contribution in [-0.4, -0.2) is 31.7 Å². The Morgan fingerprint density at radius 1 is 1.21 bits per heavy atom. The van der Waals surface area contributed by atoms with Crippen LogP contribution in [0.1, 0.15) is 17.7 Å². The van der Waals surface area contributed by atoms with E-state index >= 15 is 0 Å². The Morgan fingerprint density at radius 2 is 2.07 bits per heavy atom. The van der Waals surface area contributed by atoms with Gasteiger partial charge in [0.1, 0.15) is 11.5 Å². The molecule has 3 aromatic rings. The summed E-state index contributed by atoms with van der Waals surface area (Å²) in [5.41, 5.74) is 3.78. The largest absolute Gasteiger partial charge is 0.497 e. The van der Waals surface area contributed by atoms with Gasteiger partial charge < -0.3 is 19.7 Å². The molecule has 0 fully saturated rings. The summed E-state index contributed by atoms with van der Waals surface area (Å²) in [7, 11) is 3.24. The molecule has 0 bridgehead atoms. The van der Waals surface area contributed by atoms with E-state index in [-0.39, 0.29) is 12.3 Å². The number of ether oxygens (including phenoxy) is 2. The molecule has 2 heterocycles. The number of fused-ring (bicyclic) bond motifs is 1. The Bertz CT molecular complexity index is 1020. The van der Waals surface area contributed by atoms with Crippen LogP contribution in [0.4, 0.5) is 16.5 Å². The smallest absolute Gasteiger partial charge is 0.233 e. The number of anilines is 3. The van der Waals surface area contributed by atoms with E-state index in [1.807, 2.05) is 46.7 Å². The van der Waals surface area contributed by atoms with Gasteiger partial charge in [-0.05, 0) is 36.6 Å². The minimum atomic E-state index is 0.0768. The number of aryl methyl sites for hydroxylation is 1. The van der Waals surface area contributed by atoms with Gasteiger partial charge in [0.25, 0.3) is 0 Å². The number of benzene rings is 2. The number of para-hydroxylation sites is 1. The highest BCUT2D eigenvalue weighted by Gasteiger charge is 2.23. The summed E-state index contributed by atoms with van der Waals surface area (Å²) in [6.45, 7) is 0.756. The topological polar surface area (TPSA) is 63.7 Å². The van der Waals surface area contributed by atoms with Crippen molar-refractivity contribution in [1.29, 1.82) is 0 Å². The average molecular weight is 410 g/mol. The molecule has 0 spiro atoms. The Kier molecular flexibility index (Phi) is 5.67. The van der Waals surface area contributed by atoms with Gasteiger partial charge in [0.15, 0.2) is 5.13 Å². The number of amides is 1. The fourth-order valence-corrected chi connectivity index (χ4v) is 4.24. The molecule has 1 aliphatic rings. The maximum absolute atomic E-state index is 12.9. The summed E-state index contributed by atoms with van der Waals surface area (Å²) in [6.07, 6.45) is 2.29. The first-order valence-corrected chi connectivity index (χ1v) is 10.4. The van der Waals surface area contributed by atoms with Crippen LogP contribution in [0.2, 0.25) is 0 Å². The third-order valence-electron chi connectivity index (χ3n) is 4.94. The molecule has 1 aromatic heterocycles. The molecular formula is C22H23N3O3S. The van der Waals surface area contributed by atoms with Crippen molar-refractivity contribution in [2.45, 2.75) is 19.3 Å². The lowest BCUT2D eigenvalue weighted by molar-refractivity contribution is -0.118. The van der Waals surface area contributed by atoms with Gasteiger partial charge in [0.05, 0.1) is 32.0 Å². The van der Waals surface area contributed by atoms with E-state index in [9.17, 15) is 4.79 Å². The van der Waals surface area contributed by atoms with Crippen molar-refractivity contribution in [2.24, 2.45) is 0 Å². The number of methoxy groups -OCH3 is 2. The predicted molar refractivity (Wildman–Crippen MR) is 116 cm³/mol. The molecule has 1 aliphatic heterocycles. The fourth-order valence-electron chi connectivity index (χ4n) is 3.52. The highest BCUT2D eigenvalue weighted by Crippen LogP contribution is 2.33. The van der Waals surface area contributed by atoms with Crippen molar-refractivity contribution in [3.63, 3.8) is 0 Å². The molecule has 6 nitrogen and oxygen atoms in total. The number of rotatable bonds is 6. The maximum atomic E-state index is 12.9. The monoisotopic (exact) mass is 409 g/mol. The summed E-state index contributed by atoms with van der Waals surface area (Å²) in [6, 6.07) is 13.7. The van der Waals surface area contributed by atoms with E-state index in [0.717, 1.165) is 42.2 Å². The molecule has 0 saturated heterocycles. The van der Waals surface area contributed by atoms with Crippen molar-refractivity contribution in [2.75, 3.05) is 31.0 Å². The minimum Gasteiger partial charge on any atom is -0.497 e. The number of hydrogen-bond donors (Lipinski definition) is 1. The van der Waals surface area contributed by atoms with E-state index in [1.54, 1.807) is 14.2 Å². The van der Waals surface area contributed by atoms with Crippen molar-refractivity contribution in [3.8, 4) is 11.5 Å². The summed E-state index contributed by atoms with van der Waals surface area (Å²) in [5, 5.41) is 5.89. The van der Waals surface area contributed by atoms with E-state index < -0.39 is 0 Å². The number of aromatic nitrogens is 1. The van der Waals surface area contributed by atoms with Crippen molar-refractivity contribution >= 4 is 33.8 Å². The van der Waals surface area contributed by atoms with Crippen molar-refractivity contribution in [3.05, 3.63) is 59.1 Å². The van der Waals surface area contributed by atoms with Gasteiger partial charge in [-0.3, -0.25) is 4.79 Å². The molecule has 4 rings (SSSR count). The molecule has 2 aromatic carbocycles. The molecule has 1 N–H and O–H groups in total. The zero-order valence-electron chi connectivity index (χ0n) is 16.5. The van der Waals surface area contributed by atoms with Crippen LogP contribution < -0.4 is 19.7 Å². The number of carbonyl (C=O) groups excluding carboxylic acids is 1. The molecule has 29 heavy (non-hydrogen) atoms. The Labute approximate surface area is 174 Å². The van der Waals surface area contributed by atoms with Gasteiger partial charge in [0, 0.05) is 23.7 Å². The van der Waals surface area contributed by atoms with E-state index in [4.69, 9.17) is 9.47 Å². The van der Waals surface area contributed by atoms with Crippen LogP contribution in [-0.2, 0) is 17.6 Å². The summed E-state index contributed by atoms with van der Waals surface area (Å²) in [5.74, 6) is 1.50. The minimum absolute atomic E-state index is 0.0768. The lowest BCUT2D eigenvalue weighted by Crippen LogP contribution is -2.36. The van der Waals surface area contributed by atoms with Crippen LogP contribution in [0.25, 0.3) is 0 Å². The van der Waals surface area contributed by atoms with E-state index in [2.05, 4.69) is 16.4 Å². The summed E-state index contributed by atoms with van der Waals surface area (Å²) >= 11 is 1.46. The molecular weight excluding hydrogens is 386 g/mol. The average Bonchev–Trinajstić information content (AvgIpc) is 3.19. The van der Waals surface area contributed by atoms with Crippen molar-refractivity contribution < 1.29 is 14.3 Å². The van der Waals surface area contributed by atoms with Gasteiger partial charge >= 0.3 is 0 Å². The molecule has 0 unspecified atom stereocenters. The number of hydrogen-bond acceptors (Lipinski definition) is 6. The second kappa shape index (κ2) is 8.53. The van der Waals surface area contributed by atoms with Crippen LogP contribution in [0.3, 0.4) is 0 Å². The quantitative estimate of drug-likeness (QED) is 0.653. The predicted octanol–water partition coefficient (Wildman–Crippen LogP) is 4.43. The zero-order valence-corrected chi connectivity index (χ0v) is 17.3. The lowest BCUT2D eigenvalue weighted by Gasteiger charge is -2.29. The standard InChI is InChI=1S/C22H23N3O3S/c1-27-17-9-10-20(28-2)18(13-17)24-22-23-16(14-29-22)12-21(26)25-11-5-7-15-6-3-4-8-19(15)25/h3-4,6,8-10,13-14H,5,7,11-12H2,1-2H3,(H,23,24). The molecule has 0 aliphatic carbocycles. The molecule has 0 radical (unpaired) electrons. The third kappa shape index (κ3) is 4.19. The van der Waals surface area contributed by atoms with Crippen LogP contribution >= 0.6 is 11.3 Å². The second-order valence-corrected chi connectivity index (χ2v) is 7.65. The number of thiazole rings is 1. The summed E-state index contributed by atoms with van der Waals surface area (Å²) in [4.78, 5) is 19.4. The highest BCUT2D eigenvalue weighted by molar-refractivity contribution is 7.13.